The molecule has 0 saturated carbocycles. The van der Waals surface area contributed by atoms with Crippen molar-refractivity contribution in [3.8, 4) is 0 Å². The largest absolute Gasteiger partial charge is 0.463 e. The summed E-state index contributed by atoms with van der Waals surface area (Å²) in [5.74, 6) is -0.916. The molecule has 0 aliphatic carbocycles. The van der Waals surface area contributed by atoms with Crippen molar-refractivity contribution in [1.82, 2.24) is 0 Å². The summed E-state index contributed by atoms with van der Waals surface area (Å²) in [6.45, 7) is 14.9. The van der Waals surface area contributed by atoms with E-state index in [-0.39, 0.29) is 6.61 Å². The van der Waals surface area contributed by atoms with E-state index in [1.165, 1.54) is 21.0 Å². The fourth-order valence-corrected chi connectivity index (χ4v) is 4.96. The minimum Gasteiger partial charge on any atom is -0.463 e. The maximum absolute atomic E-state index is 11.8. The van der Waals surface area contributed by atoms with Crippen LogP contribution in [0.15, 0.2) is 0 Å². The molecular weight excluding hydrogens is 388 g/mol. The molecule has 1 saturated heterocycles. The first kappa shape index (κ1) is 24.3. The lowest BCUT2D eigenvalue weighted by atomic mass is 9.99. The van der Waals surface area contributed by atoms with Crippen LogP contribution in [0.4, 0.5) is 0 Å². The van der Waals surface area contributed by atoms with Crippen molar-refractivity contribution < 1.29 is 37.4 Å². The molecule has 0 N–H and O–H groups in total. The zero-order valence-electron chi connectivity index (χ0n) is 17.9. The van der Waals surface area contributed by atoms with Crippen LogP contribution in [-0.4, -0.2) is 73.0 Å². The van der Waals surface area contributed by atoms with Crippen molar-refractivity contribution in [2.24, 2.45) is 0 Å². The summed E-state index contributed by atoms with van der Waals surface area (Å²) in [5.41, 5.74) is 0. The van der Waals surface area contributed by atoms with E-state index in [0.717, 1.165) is 0 Å². The molecule has 5 unspecified atom stereocenters. The maximum atomic E-state index is 11.8. The Morgan fingerprint density at radius 2 is 1.37 bits per heavy atom. The third-order valence-electron chi connectivity index (χ3n) is 3.56. The highest BCUT2D eigenvalue weighted by atomic mass is 28.4. The van der Waals surface area contributed by atoms with Crippen molar-refractivity contribution in [2.75, 3.05) is 13.7 Å². The van der Waals surface area contributed by atoms with Crippen LogP contribution in [0.1, 0.15) is 13.8 Å². The molecule has 1 heterocycles. The van der Waals surface area contributed by atoms with Gasteiger partial charge in [-0.1, -0.05) is 0 Å². The number of ether oxygens (including phenoxy) is 4. The fourth-order valence-electron chi connectivity index (χ4n) is 2.81. The van der Waals surface area contributed by atoms with Crippen LogP contribution in [0.3, 0.4) is 0 Å². The highest BCUT2D eigenvalue weighted by Gasteiger charge is 2.52. The van der Waals surface area contributed by atoms with Gasteiger partial charge in [0.1, 0.15) is 24.9 Å². The monoisotopic (exact) mass is 422 g/mol. The Balaban J connectivity index is 3.28. The predicted octanol–water partition coefficient (Wildman–Crippen LogP) is 2.29. The van der Waals surface area contributed by atoms with Gasteiger partial charge in [-0.2, -0.15) is 0 Å². The summed E-state index contributed by atoms with van der Waals surface area (Å²) in [4.78, 5) is 23.0. The lowest BCUT2D eigenvalue weighted by molar-refractivity contribution is -0.290. The Labute approximate surface area is 164 Å². The van der Waals surface area contributed by atoms with Crippen LogP contribution in [0, 0.1) is 0 Å². The SMILES string of the molecule is COC1OC(COC(C)=O)C(OC(C)=O)C(O[Si](C)(C)C)C1O[Si](C)(C)C. The van der Waals surface area contributed by atoms with Gasteiger partial charge in [0.25, 0.3) is 0 Å². The summed E-state index contributed by atoms with van der Waals surface area (Å²) >= 11 is 0. The molecule has 158 valence electrons. The summed E-state index contributed by atoms with van der Waals surface area (Å²) in [6, 6.07) is 0. The number of carbonyl (C=O) groups excluding carboxylic acids is 2. The van der Waals surface area contributed by atoms with E-state index in [1.807, 2.05) is 19.6 Å². The second-order valence-corrected chi connectivity index (χ2v) is 17.5. The molecule has 1 fully saturated rings. The van der Waals surface area contributed by atoms with Gasteiger partial charge in [-0.3, -0.25) is 9.59 Å². The highest BCUT2D eigenvalue weighted by Crippen LogP contribution is 2.32. The Kier molecular flexibility index (Phi) is 8.64. The van der Waals surface area contributed by atoms with Gasteiger partial charge >= 0.3 is 11.9 Å². The molecule has 5 atom stereocenters. The Bertz CT molecular complexity index is 514. The van der Waals surface area contributed by atoms with Crippen LogP contribution in [0.25, 0.3) is 0 Å². The van der Waals surface area contributed by atoms with Crippen LogP contribution in [0.2, 0.25) is 39.3 Å². The smallest absolute Gasteiger partial charge is 0.303 e. The lowest BCUT2D eigenvalue weighted by Crippen LogP contribution is -2.65. The van der Waals surface area contributed by atoms with E-state index in [0.29, 0.717) is 0 Å². The highest BCUT2D eigenvalue weighted by molar-refractivity contribution is 6.70. The van der Waals surface area contributed by atoms with E-state index >= 15 is 0 Å². The minimum atomic E-state index is -2.05. The lowest BCUT2D eigenvalue weighted by Gasteiger charge is -2.48. The van der Waals surface area contributed by atoms with Crippen molar-refractivity contribution in [1.29, 1.82) is 0 Å². The minimum absolute atomic E-state index is 0.0711. The first-order chi connectivity index (χ1) is 12.2. The Morgan fingerprint density at radius 3 is 1.78 bits per heavy atom. The van der Waals surface area contributed by atoms with Gasteiger partial charge in [-0.05, 0) is 39.3 Å². The maximum Gasteiger partial charge on any atom is 0.303 e. The first-order valence-corrected chi connectivity index (χ1v) is 15.9. The van der Waals surface area contributed by atoms with E-state index in [2.05, 4.69) is 19.6 Å². The summed E-state index contributed by atoms with van der Waals surface area (Å²) < 4.78 is 34.8. The molecule has 27 heavy (non-hydrogen) atoms. The van der Waals surface area contributed by atoms with Gasteiger partial charge in [-0.25, -0.2) is 0 Å². The number of rotatable bonds is 8. The summed E-state index contributed by atoms with van der Waals surface area (Å²) in [6.07, 6.45) is -3.38. The number of methoxy groups -OCH3 is 1. The second kappa shape index (κ2) is 9.61. The zero-order chi connectivity index (χ0) is 21.0. The first-order valence-electron chi connectivity index (χ1n) is 9.08. The van der Waals surface area contributed by atoms with Gasteiger partial charge in [0.15, 0.2) is 29.0 Å². The molecular formula is C17H34O8Si2. The van der Waals surface area contributed by atoms with Crippen molar-refractivity contribution >= 4 is 28.6 Å². The third-order valence-corrected chi connectivity index (χ3v) is 5.51. The summed E-state index contributed by atoms with van der Waals surface area (Å²) in [7, 11) is -2.52. The molecule has 0 aromatic carbocycles. The van der Waals surface area contributed by atoms with Crippen LogP contribution in [-0.2, 0) is 37.4 Å². The van der Waals surface area contributed by atoms with Crippen LogP contribution < -0.4 is 0 Å². The van der Waals surface area contributed by atoms with E-state index in [4.69, 9.17) is 27.8 Å². The molecule has 10 heteroatoms. The molecule has 0 aromatic rings. The van der Waals surface area contributed by atoms with Crippen molar-refractivity contribution in [3.63, 3.8) is 0 Å². The zero-order valence-corrected chi connectivity index (χ0v) is 19.9. The van der Waals surface area contributed by atoms with E-state index < -0.39 is 59.3 Å². The topological polar surface area (TPSA) is 89.5 Å². The quantitative estimate of drug-likeness (QED) is 0.435. The number of esters is 2. The van der Waals surface area contributed by atoms with Gasteiger partial charge in [-0.15, -0.1) is 0 Å². The predicted molar refractivity (Wildman–Crippen MR) is 104 cm³/mol. The second-order valence-electron chi connectivity index (χ2n) is 8.54. The average Bonchev–Trinajstić information content (AvgIpc) is 2.46. The molecule has 8 nitrogen and oxygen atoms in total. The van der Waals surface area contributed by atoms with Crippen LogP contribution >= 0.6 is 0 Å². The molecule has 1 aliphatic heterocycles. The fraction of sp³-hybridized carbons (Fsp3) is 0.882. The van der Waals surface area contributed by atoms with E-state index in [9.17, 15) is 9.59 Å². The number of hydrogen-bond donors (Lipinski definition) is 0. The van der Waals surface area contributed by atoms with Gasteiger partial charge < -0.3 is 27.8 Å². The van der Waals surface area contributed by atoms with E-state index in [1.54, 1.807) is 0 Å². The normalized spacial score (nSPS) is 29.3. The molecule has 0 radical (unpaired) electrons. The number of hydrogen-bond acceptors (Lipinski definition) is 8. The molecule has 0 amide bonds. The van der Waals surface area contributed by atoms with Crippen molar-refractivity contribution in [3.05, 3.63) is 0 Å². The molecule has 1 aliphatic rings. The van der Waals surface area contributed by atoms with Gasteiger partial charge in [0.05, 0.1) is 0 Å². The Morgan fingerprint density at radius 1 is 0.852 bits per heavy atom. The molecule has 0 aromatic heterocycles. The molecule has 0 bridgehead atoms. The summed E-state index contributed by atoms with van der Waals surface area (Å²) in [5, 5.41) is 0. The average molecular weight is 423 g/mol. The Hall–Kier alpha value is -0.786. The van der Waals surface area contributed by atoms with Crippen LogP contribution in [0.5, 0.6) is 0 Å². The standard InChI is InChI=1S/C17H34O8Si2/c1-11(18)21-10-13-14(22-12(2)19)15(24-26(4,5)6)16(17(20-3)23-13)25-27(7,8)9/h13-17H,10H2,1-9H3. The van der Waals surface area contributed by atoms with Gasteiger partial charge in [0.2, 0.25) is 0 Å². The molecule has 0 spiro atoms. The third kappa shape index (κ3) is 8.40. The van der Waals surface area contributed by atoms with Crippen molar-refractivity contribution in [2.45, 2.75) is 83.8 Å². The molecule has 1 rings (SSSR count). The van der Waals surface area contributed by atoms with Gasteiger partial charge in [0, 0.05) is 21.0 Å². The number of carbonyl (C=O) groups is 2.